The van der Waals surface area contributed by atoms with Gasteiger partial charge in [-0.2, -0.15) is 0 Å². The summed E-state index contributed by atoms with van der Waals surface area (Å²) >= 11 is 0. The highest BCUT2D eigenvalue weighted by Gasteiger charge is 2.84. The molecule has 2 saturated heterocycles. The van der Waals surface area contributed by atoms with Crippen LogP contribution in [0.4, 0.5) is 0 Å². The van der Waals surface area contributed by atoms with Crippen molar-refractivity contribution in [3.8, 4) is 0 Å². The van der Waals surface area contributed by atoms with Gasteiger partial charge in [-0.1, -0.05) is 82.9 Å². The molecule has 0 aliphatic carbocycles. The van der Waals surface area contributed by atoms with E-state index in [9.17, 15) is 44.7 Å². The molecular formula is C34H48O13. The average Bonchev–Trinajstić information content (AvgIpc) is 3.24. The molecule has 2 heterocycles. The predicted molar refractivity (Wildman–Crippen MR) is 166 cm³/mol. The zero-order valence-electron chi connectivity index (χ0n) is 27.3. The quantitative estimate of drug-likeness (QED) is 0.0820. The number of aliphatic carboxylic acids is 2. The van der Waals surface area contributed by atoms with Crippen molar-refractivity contribution in [2.45, 2.75) is 126 Å². The first-order valence-electron chi connectivity index (χ1n) is 16.1. The van der Waals surface area contributed by atoms with Crippen LogP contribution in [0.2, 0.25) is 0 Å². The highest BCUT2D eigenvalue weighted by molar-refractivity contribution is 5.93. The maximum atomic E-state index is 12.9. The summed E-state index contributed by atoms with van der Waals surface area (Å²) in [6.07, 6.45) is -2.43. The Kier molecular flexibility index (Phi) is 13.1. The van der Waals surface area contributed by atoms with Crippen molar-refractivity contribution in [3.05, 3.63) is 48.0 Å². The zero-order chi connectivity index (χ0) is 35.0. The average molecular weight is 665 g/mol. The highest BCUT2D eigenvalue weighted by atomic mass is 16.8. The maximum Gasteiger partial charge on any atom is 0.344 e. The van der Waals surface area contributed by atoms with E-state index in [-0.39, 0.29) is 18.8 Å². The molecule has 2 bridgehead atoms. The summed E-state index contributed by atoms with van der Waals surface area (Å²) in [5.41, 5.74) is -5.43. The summed E-state index contributed by atoms with van der Waals surface area (Å²) in [4.78, 5) is 50.4. The maximum absolute atomic E-state index is 12.9. The summed E-state index contributed by atoms with van der Waals surface area (Å²) in [6, 6.07) is 9.45. The smallest absolute Gasteiger partial charge is 0.344 e. The van der Waals surface area contributed by atoms with E-state index >= 15 is 0 Å². The van der Waals surface area contributed by atoms with Crippen LogP contribution in [0, 0.1) is 5.92 Å². The van der Waals surface area contributed by atoms with Gasteiger partial charge in [-0.3, -0.25) is 9.59 Å². The lowest BCUT2D eigenvalue weighted by atomic mass is 9.74. The van der Waals surface area contributed by atoms with Gasteiger partial charge in [0.25, 0.3) is 0 Å². The molecule has 1 aromatic carbocycles. The van der Waals surface area contributed by atoms with Crippen molar-refractivity contribution in [2.75, 3.05) is 6.61 Å². The van der Waals surface area contributed by atoms with E-state index < -0.39 is 78.3 Å². The number of hydrogen-bond acceptors (Lipinski definition) is 11. The molecule has 5 N–H and O–H groups in total. The van der Waals surface area contributed by atoms with Crippen molar-refractivity contribution in [1.29, 1.82) is 0 Å². The van der Waals surface area contributed by atoms with Crippen molar-refractivity contribution in [2.24, 2.45) is 5.92 Å². The van der Waals surface area contributed by atoms with Gasteiger partial charge in [-0.05, 0) is 30.4 Å². The molecule has 2 aliphatic heterocycles. The Morgan fingerprint density at radius 3 is 2.21 bits per heavy atom. The van der Waals surface area contributed by atoms with Crippen LogP contribution in [-0.4, -0.2) is 97.4 Å². The second kappa shape index (κ2) is 16.2. The number of carboxylic acids is 2. The monoisotopic (exact) mass is 664 g/mol. The van der Waals surface area contributed by atoms with Crippen molar-refractivity contribution < 1.29 is 63.7 Å². The summed E-state index contributed by atoms with van der Waals surface area (Å²) < 4.78 is 22.5. The minimum Gasteiger partial charge on any atom is -0.479 e. The molecule has 0 aromatic heterocycles. The fraction of sp³-hybridized carbons (Fsp3) is 0.647. The predicted octanol–water partition coefficient (Wildman–Crippen LogP) is 2.91. The second-order valence-electron chi connectivity index (χ2n) is 12.5. The van der Waals surface area contributed by atoms with Gasteiger partial charge in [-0.15, -0.1) is 0 Å². The van der Waals surface area contributed by atoms with Gasteiger partial charge in [0, 0.05) is 25.7 Å². The SMILES string of the molecule is C=C(CC[C@]12O[C@H](CO)[C@@](O)(C(=O)O)[C@](C(=O)O)(O1)[C@H](OC(=O)CCCCCCCC)[C@H]2O)[C@@H](OC(C)=O)[C@H](C)Cc1ccccc1. The number of carboxylic acid groups (broad SMARTS) is 2. The summed E-state index contributed by atoms with van der Waals surface area (Å²) in [7, 11) is 0. The molecule has 1 aromatic rings. The number of carbonyl (C=O) groups excluding carboxylic acids is 2. The molecule has 0 amide bonds. The Balaban J connectivity index is 1.91. The Hall–Kier alpha value is -3.36. The van der Waals surface area contributed by atoms with Crippen LogP contribution in [0.1, 0.15) is 84.1 Å². The molecule has 13 nitrogen and oxygen atoms in total. The molecule has 2 fully saturated rings. The number of esters is 2. The van der Waals surface area contributed by atoms with E-state index in [0.29, 0.717) is 24.8 Å². The van der Waals surface area contributed by atoms with Crippen LogP contribution in [0.3, 0.4) is 0 Å². The summed E-state index contributed by atoms with van der Waals surface area (Å²) in [5.74, 6) is -8.33. The minimum absolute atomic E-state index is 0.105. The second-order valence-corrected chi connectivity index (χ2v) is 12.5. The zero-order valence-corrected chi connectivity index (χ0v) is 27.3. The Labute approximate surface area is 274 Å². The number of fused-ring (bicyclic) bond motifs is 2. The molecule has 262 valence electrons. The molecule has 2 aliphatic rings. The van der Waals surface area contributed by atoms with Crippen molar-refractivity contribution >= 4 is 23.9 Å². The number of hydrogen-bond donors (Lipinski definition) is 5. The molecule has 0 spiro atoms. The molecule has 0 unspecified atom stereocenters. The lowest BCUT2D eigenvalue weighted by Crippen LogP contribution is -2.77. The van der Waals surface area contributed by atoms with Crippen LogP contribution in [0.25, 0.3) is 0 Å². The lowest BCUT2D eigenvalue weighted by Gasteiger charge is -2.49. The topological polar surface area (TPSA) is 206 Å². The van der Waals surface area contributed by atoms with Crippen LogP contribution < -0.4 is 0 Å². The van der Waals surface area contributed by atoms with Gasteiger partial charge < -0.3 is 44.5 Å². The number of unbranched alkanes of at least 4 members (excludes halogenated alkanes) is 5. The standard InChI is InChI=1S/C34H48O13/c1-5-6-7-8-9-13-16-26(37)45-29-28(38)32(46-25(20-35)33(43,30(39)40)34(29,47-32)31(41)42)18-17-21(2)27(44-23(4)36)22(3)19-24-14-11-10-12-15-24/h10-12,14-15,22,25,27-29,35,38,43H,2,5-9,13,16-20H2,1,3-4H3,(H,39,40)(H,41,42)/t22-,25-,27-,28-,29-,32+,33-,34+/m1/s1. The van der Waals surface area contributed by atoms with Crippen molar-refractivity contribution in [1.82, 2.24) is 0 Å². The lowest BCUT2D eigenvalue weighted by molar-refractivity contribution is -0.382. The molecule has 13 heteroatoms. The third-order valence-electron chi connectivity index (χ3n) is 9.06. The van der Waals surface area contributed by atoms with Crippen molar-refractivity contribution in [3.63, 3.8) is 0 Å². The first-order chi connectivity index (χ1) is 22.2. The first kappa shape index (κ1) is 38.1. The van der Waals surface area contributed by atoms with E-state index in [1.165, 1.54) is 6.92 Å². The molecule has 0 radical (unpaired) electrons. The Morgan fingerprint density at radius 2 is 1.64 bits per heavy atom. The van der Waals surface area contributed by atoms with E-state index in [2.05, 4.69) is 13.5 Å². The Morgan fingerprint density at radius 1 is 1.00 bits per heavy atom. The molecule has 8 atom stereocenters. The van der Waals surface area contributed by atoms with Crippen LogP contribution >= 0.6 is 0 Å². The molecular weight excluding hydrogens is 616 g/mol. The largest absolute Gasteiger partial charge is 0.479 e. The summed E-state index contributed by atoms with van der Waals surface area (Å²) in [6.45, 7) is 8.05. The fourth-order valence-corrected chi connectivity index (χ4v) is 6.60. The molecule has 47 heavy (non-hydrogen) atoms. The number of rotatable bonds is 19. The number of carbonyl (C=O) groups is 4. The molecule has 3 rings (SSSR count). The van der Waals surface area contributed by atoms with E-state index in [1.54, 1.807) is 0 Å². The van der Waals surface area contributed by atoms with Gasteiger partial charge in [0.2, 0.25) is 17.0 Å². The third-order valence-corrected chi connectivity index (χ3v) is 9.06. The van der Waals surface area contributed by atoms with Gasteiger partial charge in [0.15, 0.2) is 6.10 Å². The van der Waals surface area contributed by atoms with Crippen LogP contribution in [0.15, 0.2) is 42.5 Å². The number of ether oxygens (including phenoxy) is 4. The van der Waals surface area contributed by atoms with Gasteiger partial charge in [0.05, 0.1) is 6.61 Å². The van der Waals surface area contributed by atoms with E-state index in [4.69, 9.17) is 18.9 Å². The van der Waals surface area contributed by atoms with Gasteiger partial charge in [0.1, 0.15) is 18.3 Å². The number of aliphatic hydroxyl groups is 3. The third kappa shape index (κ3) is 7.86. The Bertz CT molecular complexity index is 1270. The van der Waals surface area contributed by atoms with E-state index in [1.807, 2.05) is 37.3 Å². The molecule has 0 saturated carbocycles. The van der Waals surface area contributed by atoms with E-state index in [0.717, 1.165) is 31.2 Å². The number of aliphatic hydroxyl groups excluding tert-OH is 2. The number of benzene rings is 1. The minimum atomic E-state index is -3.48. The van der Waals surface area contributed by atoms with Crippen LogP contribution in [0.5, 0.6) is 0 Å². The van der Waals surface area contributed by atoms with Gasteiger partial charge in [-0.25, -0.2) is 9.59 Å². The fourth-order valence-electron chi connectivity index (χ4n) is 6.60. The van der Waals surface area contributed by atoms with Gasteiger partial charge >= 0.3 is 23.9 Å². The van der Waals surface area contributed by atoms with Crippen LogP contribution in [-0.2, 0) is 44.5 Å². The highest BCUT2D eigenvalue weighted by Crippen LogP contribution is 2.55. The summed E-state index contributed by atoms with van der Waals surface area (Å²) in [5, 5.41) is 53.7. The first-order valence-corrected chi connectivity index (χ1v) is 16.1. The normalized spacial score (nSPS) is 29.4.